The van der Waals surface area contributed by atoms with Crippen LogP contribution in [-0.2, 0) is 0 Å². The van der Waals surface area contributed by atoms with Crippen LogP contribution in [0.25, 0.3) is 21.9 Å². The van der Waals surface area contributed by atoms with E-state index in [0.717, 1.165) is 19.4 Å². The SMILES string of the molecule is O=C(O)c1cn(C2CC2)c2nc3cc(N4CCNC(c5cccs5)C4)c(F)cc3cc2c1=O. The van der Waals surface area contributed by atoms with Crippen molar-refractivity contribution in [2.75, 3.05) is 24.5 Å². The zero-order valence-corrected chi connectivity index (χ0v) is 18.4. The number of anilines is 1. The molecule has 2 aliphatic rings. The molecule has 1 saturated heterocycles. The molecule has 4 aromatic rings. The van der Waals surface area contributed by atoms with Crippen LogP contribution in [0, 0.1) is 5.82 Å². The minimum atomic E-state index is -1.27. The molecule has 7 nitrogen and oxygen atoms in total. The first-order valence-corrected chi connectivity index (χ1v) is 11.8. The lowest BCUT2D eigenvalue weighted by Gasteiger charge is -2.35. The van der Waals surface area contributed by atoms with E-state index < -0.39 is 11.4 Å². The number of carboxylic acid groups (broad SMARTS) is 1. The second-order valence-electron chi connectivity index (χ2n) is 8.64. The van der Waals surface area contributed by atoms with Gasteiger partial charge in [0.1, 0.15) is 17.0 Å². The van der Waals surface area contributed by atoms with Gasteiger partial charge in [-0.3, -0.25) is 4.79 Å². The van der Waals surface area contributed by atoms with E-state index in [1.54, 1.807) is 28.0 Å². The molecule has 1 aliphatic heterocycles. The summed E-state index contributed by atoms with van der Waals surface area (Å²) in [7, 11) is 0. The highest BCUT2D eigenvalue weighted by Crippen LogP contribution is 2.37. The average molecular weight is 465 g/mol. The Morgan fingerprint density at radius 3 is 2.85 bits per heavy atom. The zero-order chi connectivity index (χ0) is 22.7. The third kappa shape index (κ3) is 3.48. The molecule has 4 heterocycles. The van der Waals surface area contributed by atoms with E-state index in [1.165, 1.54) is 17.1 Å². The van der Waals surface area contributed by atoms with Gasteiger partial charge in [-0.15, -0.1) is 11.3 Å². The number of carbonyl (C=O) groups is 1. The number of hydrogen-bond acceptors (Lipinski definition) is 6. The molecule has 0 spiro atoms. The summed E-state index contributed by atoms with van der Waals surface area (Å²) < 4.78 is 17.0. The molecule has 6 rings (SSSR count). The summed E-state index contributed by atoms with van der Waals surface area (Å²) in [4.78, 5) is 32.4. The maximum Gasteiger partial charge on any atom is 0.341 e. The second kappa shape index (κ2) is 7.64. The Morgan fingerprint density at radius 1 is 1.27 bits per heavy atom. The van der Waals surface area contributed by atoms with Gasteiger partial charge in [-0.25, -0.2) is 14.2 Å². The number of nitrogens with one attached hydrogen (secondary N) is 1. The van der Waals surface area contributed by atoms with Crippen LogP contribution >= 0.6 is 11.3 Å². The Kier molecular flexibility index (Phi) is 4.70. The highest BCUT2D eigenvalue weighted by Gasteiger charge is 2.28. The normalized spacial score (nSPS) is 18.8. The first kappa shape index (κ1) is 20.3. The molecule has 168 valence electrons. The third-order valence-corrected chi connectivity index (χ3v) is 7.42. The van der Waals surface area contributed by atoms with Gasteiger partial charge in [0.05, 0.1) is 22.6 Å². The number of piperazine rings is 1. The van der Waals surface area contributed by atoms with Crippen molar-refractivity contribution in [3.8, 4) is 0 Å². The van der Waals surface area contributed by atoms with Gasteiger partial charge in [-0.05, 0) is 42.5 Å². The monoisotopic (exact) mass is 464 g/mol. The third-order valence-electron chi connectivity index (χ3n) is 6.44. The maximum atomic E-state index is 15.2. The first-order chi connectivity index (χ1) is 16.0. The van der Waals surface area contributed by atoms with Crippen molar-refractivity contribution in [1.29, 1.82) is 0 Å². The summed E-state index contributed by atoms with van der Waals surface area (Å²) in [5.74, 6) is -1.65. The summed E-state index contributed by atoms with van der Waals surface area (Å²) in [6.07, 6.45) is 3.22. The van der Waals surface area contributed by atoms with Crippen molar-refractivity contribution in [3.05, 3.63) is 68.4 Å². The number of rotatable bonds is 4. The van der Waals surface area contributed by atoms with E-state index >= 15 is 4.39 Å². The van der Waals surface area contributed by atoms with Gasteiger partial charge in [0.15, 0.2) is 0 Å². The van der Waals surface area contributed by atoms with E-state index in [9.17, 15) is 14.7 Å². The standard InChI is InChI=1S/C24H21FN4O3S/c25-17-9-13-8-15-22(30)16(24(31)32)11-29(14-3-4-14)23(15)27-18(13)10-20(17)28-6-5-26-19(12-28)21-2-1-7-33-21/h1-2,7-11,14,19,26H,3-6,12H2,(H,31,32). The number of thiophene rings is 1. The van der Waals surface area contributed by atoms with Crippen molar-refractivity contribution >= 4 is 44.9 Å². The van der Waals surface area contributed by atoms with Crippen molar-refractivity contribution in [2.45, 2.75) is 24.9 Å². The summed E-state index contributed by atoms with van der Waals surface area (Å²) in [6.45, 7) is 2.06. The highest BCUT2D eigenvalue weighted by molar-refractivity contribution is 7.10. The van der Waals surface area contributed by atoms with Gasteiger partial charge in [-0.2, -0.15) is 0 Å². The van der Waals surface area contributed by atoms with Gasteiger partial charge < -0.3 is 19.9 Å². The van der Waals surface area contributed by atoms with Gasteiger partial charge in [0, 0.05) is 42.1 Å². The van der Waals surface area contributed by atoms with E-state index in [4.69, 9.17) is 4.98 Å². The quantitative estimate of drug-likeness (QED) is 0.445. The molecule has 2 N–H and O–H groups in total. The molecule has 2 fully saturated rings. The Hall–Kier alpha value is -3.30. The second-order valence-corrected chi connectivity index (χ2v) is 9.62. The van der Waals surface area contributed by atoms with Crippen LogP contribution in [0.1, 0.15) is 40.2 Å². The topological polar surface area (TPSA) is 87.5 Å². The molecule has 1 saturated carbocycles. The lowest BCUT2D eigenvalue weighted by atomic mass is 10.1. The summed E-state index contributed by atoms with van der Waals surface area (Å²) in [6, 6.07) is 9.08. The van der Waals surface area contributed by atoms with E-state index in [-0.39, 0.29) is 28.9 Å². The smallest absolute Gasteiger partial charge is 0.341 e. The van der Waals surface area contributed by atoms with Gasteiger partial charge in [-0.1, -0.05) is 6.07 Å². The molecule has 0 bridgehead atoms. The molecule has 0 amide bonds. The first-order valence-electron chi connectivity index (χ1n) is 10.9. The number of pyridine rings is 2. The average Bonchev–Trinajstić information content (AvgIpc) is 3.50. The van der Waals surface area contributed by atoms with E-state index in [0.29, 0.717) is 35.3 Å². The molecular formula is C24H21FN4O3S. The fourth-order valence-corrected chi connectivity index (χ4v) is 5.41. The Labute approximate surface area is 192 Å². The molecule has 1 unspecified atom stereocenters. The number of fused-ring (bicyclic) bond motifs is 2. The number of carboxylic acids is 1. The van der Waals surface area contributed by atoms with Crippen molar-refractivity contribution in [3.63, 3.8) is 0 Å². The molecular weight excluding hydrogens is 443 g/mol. The number of halogens is 1. The van der Waals surface area contributed by atoms with Crippen LogP contribution in [0.2, 0.25) is 0 Å². The van der Waals surface area contributed by atoms with Crippen molar-refractivity contribution in [1.82, 2.24) is 14.9 Å². The van der Waals surface area contributed by atoms with E-state index in [2.05, 4.69) is 11.4 Å². The molecule has 9 heteroatoms. The van der Waals surface area contributed by atoms with Crippen molar-refractivity contribution < 1.29 is 14.3 Å². The van der Waals surface area contributed by atoms with Crippen molar-refractivity contribution in [2.24, 2.45) is 0 Å². The lowest BCUT2D eigenvalue weighted by molar-refractivity contribution is 0.0695. The molecule has 0 radical (unpaired) electrons. The number of nitrogens with zero attached hydrogens (tertiary/aromatic N) is 3. The van der Waals surface area contributed by atoms with Crippen LogP contribution in [0.15, 0.2) is 46.7 Å². The minimum Gasteiger partial charge on any atom is -0.477 e. The Bertz CT molecular complexity index is 1460. The van der Waals surface area contributed by atoms with Gasteiger partial charge >= 0.3 is 5.97 Å². The number of aromatic nitrogens is 2. The van der Waals surface area contributed by atoms with Crippen LogP contribution in [-0.4, -0.2) is 40.3 Å². The molecule has 33 heavy (non-hydrogen) atoms. The molecule has 1 aromatic carbocycles. The fourth-order valence-electron chi connectivity index (χ4n) is 4.62. The van der Waals surface area contributed by atoms with E-state index in [1.807, 2.05) is 16.3 Å². The highest BCUT2D eigenvalue weighted by atomic mass is 32.1. The minimum absolute atomic E-state index is 0.132. The summed E-state index contributed by atoms with van der Waals surface area (Å²) >= 11 is 1.68. The zero-order valence-electron chi connectivity index (χ0n) is 17.6. The van der Waals surface area contributed by atoms with Crippen LogP contribution in [0.4, 0.5) is 10.1 Å². The van der Waals surface area contributed by atoms with Crippen LogP contribution < -0.4 is 15.6 Å². The number of benzene rings is 1. The van der Waals surface area contributed by atoms with Gasteiger partial charge in [0.25, 0.3) is 0 Å². The predicted octanol–water partition coefficient (Wildman–Crippen LogP) is 3.93. The summed E-state index contributed by atoms with van der Waals surface area (Å²) in [5.41, 5.74) is 0.651. The Balaban J connectivity index is 1.48. The maximum absolute atomic E-state index is 15.2. The van der Waals surface area contributed by atoms with Crippen LogP contribution in [0.5, 0.6) is 0 Å². The summed E-state index contributed by atoms with van der Waals surface area (Å²) in [5, 5.41) is 15.7. The number of aromatic carboxylic acids is 1. The predicted molar refractivity (Wildman–Crippen MR) is 126 cm³/mol. The molecule has 1 atom stereocenters. The molecule has 1 aliphatic carbocycles. The fraction of sp³-hybridized carbons (Fsp3) is 0.292. The lowest BCUT2D eigenvalue weighted by Crippen LogP contribution is -2.45. The van der Waals surface area contributed by atoms with Gasteiger partial charge in [0.2, 0.25) is 5.43 Å². The van der Waals surface area contributed by atoms with Crippen LogP contribution in [0.3, 0.4) is 0 Å². The number of hydrogen-bond donors (Lipinski definition) is 2. The molecule has 3 aromatic heterocycles. The largest absolute Gasteiger partial charge is 0.477 e. The Morgan fingerprint density at radius 2 is 2.12 bits per heavy atom.